The summed E-state index contributed by atoms with van der Waals surface area (Å²) in [5, 5.41) is 8.48. The molecule has 4 rings (SSSR count). The molecule has 0 N–H and O–H groups in total. The van der Waals surface area contributed by atoms with Crippen molar-refractivity contribution in [2.75, 3.05) is 49.1 Å². The molecule has 2 aliphatic rings. The highest BCUT2D eigenvalue weighted by molar-refractivity contribution is 5.92. The second kappa shape index (κ2) is 8.12. The number of carbonyl (C=O) groups excluding carboxylic acids is 1. The molecular weight excluding hydrogens is 357 g/mol. The largest absolute Gasteiger partial charge is 0.366 e. The van der Waals surface area contributed by atoms with E-state index in [0.717, 1.165) is 25.3 Å². The molecule has 28 heavy (non-hydrogen) atoms. The number of hydrogen-bond acceptors (Lipinski definition) is 5. The van der Waals surface area contributed by atoms with Crippen LogP contribution in [0.25, 0.3) is 0 Å². The highest BCUT2D eigenvalue weighted by Gasteiger charge is 2.25. The Balaban J connectivity index is 1.37. The standard InChI is InChI=1S/C21H26FN5O/c1-16-5-4-10-27(15-16)20-9-8-18(23-24-20)21(28)26-13-11-25(12-14-26)19-7-3-2-6-17(19)22/h2-3,6-9,16H,4-5,10-15H2,1H3. The van der Waals surface area contributed by atoms with Gasteiger partial charge in [0.05, 0.1) is 5.69 Å². The van der Waals surface area contributed by atoms with Gasteiger partial charge < -0.3 is 14.7 Å². The summed E-state index contributed by atoms with van der Waals surface area (Å²) in [5.74, 6) is 1.16. The molecule has 1 unspecified atom stereocenters. The Bertz CT molecular complexity index is 820. The summed E-state index contributed by atoms with van der Waals surface area (Å²) in [7, 11) is 0. The third-order valence-corrected chi connectivity index (χ3v) is 5.61. The summed E-state index contributed by atoms with van der Waals surface area (Å²) >= 11 is 0. The Labute approximate surface area is 165 Å². The number of hydrogen-bond donors (Lipinski definition) is 0. The maximum atomic E-state index is 14.0. The van der Waals surface area contributed by atoms with Gasteiger partial charge in [-0.05, 0) is 43.0 Å². The first-order chi connectivity index (χ1) is 13.6. The summed E-state index contributed by atoms with van der Waals surface area (Å²) in [5.41, 5.74) is 0.961. The molecule has 1 amide bonds. The smallest absolute Gasteiger partial charge is 0.274 e. The number of piperidine rings is 1. The van der Waals surface area contributed by atoms with E-state index in [1.54, 1.807) is 23.1 Å². The second-order valence-corrected chi connectivity index (χ2v) is 7.70. The number of para-hydroxylation sites is 1. The Kier molecular flexibility index (Phi) is 5.41. The number of anilines is 2. The zero-order chi connectivity index (χ0) is 19.5. The fourth-order valence-electron chi connectivity index (χ4n) is 4.03. The van der Waals surface area contributed by atoms with Crippen molar-refractivity contribution >= 4 is 17.4 Å². The van der Waals surface area contributed by atoms with Crippen LogP contribution in [0.4, 0.5) is 15.9 Å². The molecule has 0 bridgehead atoms. The highest BCUT2D eigenvalue weighted by Crippen LogP contribution is 2.22. The predicted octanol–water partition coefficient (Wildman–Crippen LogP) is 2.81. The number of aromatic nitrogens is 2. The van der Waals surface area contributed by atoms with Gasteiger partial charge >= 0.3 is 0 Å². The number of rotatable bonds is 3. The lowest BCUT2D eigenvalue weighted by molar-refractivity contribution is 0.0739. The lowest BCUT2D eigenvalue weighted by atomic mass is 10.0. The molecule has 6 nitrogen and oxygen atoms in total. The average molecular weight is 383 g/mol. The topological polar surface area (TPSA) is 52.6 Å². The summed E-state index contributed by atoms with van der Waals surface area (Å²) in [4.78, 5) is 18.8. The van der Waals surface area contributed by atoms with Crippen LogP contribution >= 0.6 is 0 Å². The van der Waals surface area contributed by atoms with E-state index in [4.69, 9.17) is 0 Å². The van der Waals surface area contributed by atoms with Crippen molar-refractivity contribution in [2.45, 2.75) is 19.8 Å². The Morgan fingerprint density at radius 2 is 1.79 bits per heavy atom. The minimum Gasteiger partial charge on any atom is -0.366 e. The van der Waals surface area contributed by atoms with E-state index in [2.05, 4.69) is 22.0 Å². The van der Waals surface area contributed by atoms with Crippen LogP contribution in [0.5, 0.6) is 0 Å². The van der Waals surface area contributed by atoms with Crippen molar-refractivity contribution < 1.29 is 9.18 Å². The van der Waals surface area contributed by atoms with Gasteiger partial charge in [0.15, 0.2) is 11.5 Å². The van der Waals surface area contributed by atoms with Crippen LogP contribution < -0.4 is 9.80 Å². The Morgan fingerprint density at radius 3 is 2.46 bits per heavy atom. The molecular formula is C21H26FN5O. The van der Waals surface area contributed by atoms with E-state index >= 15 is 0 Å². The van der Waals surface area contributed by atoms with Crippen LogP contribution in [0.3, 0.4) is 0 Å². The molecule has 1 aromatic heterocycles. The maximum absolute atomic E-state index is 14.0. The van der Waals surface area contributed by atoms with Gasteiger partial charge in [-0.15, -0.1) is 10.2 Å². The average Bonchev–Trinajstić information content (AvgIpc) is 2.74. The van der Waals surface area contributed by atoms with Gasteiger partial charge in [-0.3, -0.25) is 4.79 Å². The van der Waals surface area contributed by atoms with Gasteiger partial charge in [-0.2, -0.15) is 0 Å². The number of benzene rings is 1. The normalized spacial score (nSPS) is 20.4. The van der Waals surface area contributed by atoms with Crippen LogP contribution in [-0.2, 0) is 0 Å². The number of amides is 1. The van der Waals surface area contributed by atoms with Crippen molar-refractivity contribution in [3.63, 3.8) is 0 Å². The first-order valence-corrected chi connectivity index (χ1v) is 9.99. The van der Waals surface area contributed by atoms with E-state index in [1.165, 1.54) is 12.5 Å². The third kappa shape index (κ3) is 3.93. The summed E-state index contributed by atoms with van der Waals surface area (Å²) in [6, 6.07) is 10.4. The summed E-state index contributed by atoms with van der Waals surface area (Å²) in [6.07, 6.45) is 2.41. The van der Waals surface area contributed by atoms with E-state index in [0.29, 0.717) is 43.5 Å². The van der Waals surface area contributed by atoms with Crippen molar-refractivity contribution in [3.8, 4) is 0 Å². The maximum Gasteiger partial charge on any atom is 0.274 e. The molecule has 1 atom stereocenters. The van der Waals surface area contributed by atoms with Crippen LogP contribution in [-0.4, -0.2) is 60.3 Å². The van der Waals surface area contributed by atoms with Gasteiger partial charge in [0.2, 0.25) is 0 Å². The van der Waals surface area contributed by atoms with E-state index in [9.17, 15) is 9.18 Å². The van der Waals surface area contributed by atoms with Gasteiger partial charge in [-0.25, -0.2) is 4.39 Å². The van der Waals surface area contributed by atoms with Crippen molar-refractivity contribution in [3.05, 3.63) is 47.9 Å². The van der Waals surface area contributed by atoms with Gasteiger partial charge in [0.1, 0.15) is 5.82 Å². The molecule has 0 radical (unpaired) electrons. The zero-order valence-electron chi connectivity index (χ0n) is 16.2. The lowest BCUT2D eigenvalue weighted by Crippen LogP contribution is -2.49. The van der Waals surface area contributed by atoms with Crippen molar-refractivity contribution in [1.29, 1.82) is 0 Å². The fraction of sp³-hybridized carbons (Fsp3) is 0.476. The first-order valence-electron chi connectivity index (χ1n) is 9.99. The van der Waals surface area contributed by atoms with Gasteiger partial charge in [0.25, 0.3) is 5.91 Å². The van der Waals surface area contributed by atoms with Crippen LogP contribution in [0.2, 0.25) is 0 Å². The first kappa shape index (κ1) is 18.7. The SMILES string of the molecule is CC1CCCN(c2ccc(C(=O)N3CCN(c4ccccc4F)CC3)nn2)C1. The lowest BCUT2D eigenvalue weighted by Gasteiger charge is -2.36. The molecule has 2 aromatic rings. The second-order valence-electron chi connectivity index (χ2n) is 7.70. The van der Waals surface area contributed by atoms with E-state index in [1.807, 2.05) is 17.0 Å². The molecule has 0 aliphatic carbocycles. The Morgan fingerprint density at radius 1 is 1.00 bits per heavy atom. The molecule has 0 saturated carbocycles. The highest BCUT2D eigenvalue weighted by atomic mass is 19.1. The van der Waals surface area contributed by atoms with Crippen LogP contribution in [0.1, 0.15) is 30.3 Å². The molecule has 2 fully saturated rings. The number of nitrogens with zero attached hydrogens (tertiary/aromatic N) is 5. The summed E-state index contributed by atoms with van der Waals surface area (Å²) in [6.45, 7) is 6.51. The summed E-state index contributed by atoms with van der Waals surface area (Å²) < 4.78 is 14.0. The van der Waals surface area contributed by atoms with Crippen molar-refractivity contribution in [1.82, 2.24) is 15.1 Å². The minimum absolute atomic E-state index is 0.112. The number of carbonyl (C=O) groups is 1. The zero-order valence-corrected chi connectivity index (χ0v) is 16.2. The molecule has 1 aromatic carbocycles. The van der Waals surface area contributed by atoms with Crippen molar-refractivity contribution in [2.24, 2.45) is 5.92 Å². The monoisotopic (exact) mass is 383 g/mol. The van der Waals surface area contributed by atoms with E-state index in [-0.39, 0.29) is 11.7 Å². The van der Waals surface area contributed by atoms with Gasteiger partial charge in [0, 0.05) is 39.3 Å². The van der Waals surface area contributed by atoms with Crippen LogP contribution in [0, 0.1) is 11.7 Å². The number of halogens is 1. The molecule has 2 saturated heterocycles. The molecule has 3 heterocycles. The quantitative estimate of drug-likeness (QED) is 0.816. The van der Waals surface area contributed by atoms with E-state index < -0.39 is 0 Å². The van der Waals surface area contributed by atoms with Gasteiger partial charge in [-0.1, -0.05) is 19.1 Å². The number of piperazine rings is 1. The Hall–Kier alpha value is -2.70. The third-order valence-electron chi connectivity index (χ3n) is 5.61. The minimum atomic E-state index is -0.226. The molecule has 7 heteroatoms. The molecule has 2 aliphatic heterocycles. The fourth-order valence-corrected chi connectivity index (χ4v) is 4.03. The predicted molar refractivity (Wildman–Crippen MR) is 107 cm³/mol. The van der Waals surface area contributed by atoms with Crippen LogP contribution in [0.15, 0.2) is 36.4 Å². The molecule has 148 valence electrons. The molecule has 0 spiro atoms.